The second-order valence-electron chi connectivity index (χ2n) is 4.37. The molecule has 0 aromatic heterocycles. The van der Waals surface area contributed by atoms with Crippen LogP contribution in [0.2, 0.25) is 0 Å². The lowest BCUT2D eigenvalue weighted by molar-refractivity contribution is -0.116. The second kappa shape index (κ2) is 4.96. The fourth-order valence-electron chi connectivity index (χ4n) is 2.14. The SMILES string of the molecule is CC(C(=O)C=N)(c1ccccc1)c1ccccc1. The van der Waals surface area contributed by atoms with Crippen LogP contribution in [-0.4, -0.2) is 12.0 Å². The molecule has 0 heterocycles. The molecule has 0 radical (unpaired) electrons. The van der Waals surface area contributed by atoms with Crippen LogP contribution in [0.3, 0.4) is 0 Å². The Morgan fingerprint density at radius 3 is 1.67 bits per heavy atom. The summed E-state index contributed by atoms with van der Waals surface area (Å²) in [6.45, 7) is 1.87. The van der Waals surface area contributed by atoms with Crippen molar-refractivity contribution >= 4 is 12.0 Å². The normalized spacial score (nSPS) is 10.9. The Balaban J connectivity index is 2.62. The molecule has 2 rings (SSSR count). The number of hydrogen-bond acceptors (Lipinski definition) is 2. The van der Waals surface area contributed by atoms with Gasteiger partial charge in [0.15, 0.2) is 5.78 Å². The molecular formula is C16H15NO. The molecule has 0 bridgehead atoms. The van der Waals surface area contributed by atoms with Gasteiger partial charge in [-0.2, -0.15) is 0 Å². The molecule has 0 aliphatic heterocycles. The molecule has 0 aliphatic rings. The Hall–Kier alpha value is -2.22. The molecule has 0 amide bonds. The van der Waals surface area contributed by atoms with E-state index in [2.05, 4.69) is 0 Å². The average molecular weight is 237 g/mol. The van der Waals surface area contributed by atoms with Gasteiger partial charge in [0.1, 0.15) is 0 Å². The molecule has 0 spiro atoms. The summed E-state index contributed by atoms with van der Waals surface area (Å²) in [5.41, 5.74) is 1.03. The van der Waals surface area contributed by atoms with Crippen LogP contribution in [0.15, 0.2) is 60.7 Å². The smallest absolute Gasteiger partial charge is 0.187 e. The lowest BCUT2D eigenvalue weighted by Gasteiger charge is -2.27. The maximum atomic E-state index is 12.2. The minimum Gasteiger partial charge on any atom is -0.305 e. The van der Waals surface area contributed by atoms with Crippen LogP contribution in [0.1, 0.15) is 18.1 Å². The Bertz CT molecular complexity index is 506. The lowest BCUT2D eigenvalue weighted by atomic mass is 9.73. The highest BCUT2D eigenvalue weighted by molar-refractivity contribution is 6.31. The molecule has 2 heteroatoms. The number of nitrogens with one attached hydrogen (secondary N) is 1. The number of ketones is 1. The van der Waals surface area contributed by atoms with Crippen LogP contribution in [0, 0.1) is 5.41 Å². The number of carbonyl (C=O) groups excluding carboxylic acids is 1. The van der Waals surface area contributed by atoms with Crippen molar-refractivity contribution in [2.45, 2.75) is 12.3 Å². The van der Waals surface area contributed by atoms with Crippen LogP contribution in [-0.2, 0) is 10.2 Å². The number of hydrogen-bond donors (Lipinski definition) is 1. The van der Waals surface area contributed by atoms with Gasteiger partial charge in [-0.25, -0.2) is 0 Å². The monoisotopic (exact) mass is 237 g/mol. The predicted octanol–water partition coefficient (Wildman–Crippen LogP) is 3.21. The van der Waals surface area contributed by atoms with E-state index in [1.54, 1.807) is 0 Å². The van der Waals surface area contributed by atoms with Gasteiger partial charge in [-0.15, -0.1) is 0 Å². The molecule has 0 saturated carbocycles. The van der Waals surface area contributed by atoms with E-state index in [4.69, 9.17) is 5.41 Å². The van der Waals surface area contributed by atoms with Crippen molar-refractivity contribution in [3.8, 4) is 0 Å². The molecule has 2 aromatic rings. The first kappa shape index (κ1) is 12.2. The molecule has 90 valence electrons. The maximum Gasteiger partial charge on any atom is 0.187 e. The highest BCUT2D eigenvalue weighted by Gasteiger charge is 2.35. The summed E-state index contributed by atoms with van der Waals surface area (Å²) in [5, 5.41) is 7.29. The van der Waals surface area contributed by atoms with E-state index in [0.717, 1.165) is 17.3 Å². The summed E-state index contributed by atoms with van der Waals surface area (Å²) in [4.78, 5) is 12.2. The first-order chi connectivity index (χ1) is 8.69. The number of rotatable bonds is 4. The van der Waals surface area contributed by atoms with Gasteiger partial charge in [-0.05, 0) is 18.1 Å². The third-order valence-electron chi connectivity index (χ3n) is 3.33. The van der Waals surface area contributed by atoms with E-state index in [1.807, 2.05) is 67.6 Å². The highest BCUT2D eigenvalue weighted by Crippen LogP contribution is 2.32. The quantitative estimate of drug-likeness (QED) is 0.815. The van der Waals surface area contributed by atoms with Crippen molar-refractivity contribution in [3.63, 3.8) is 0 Å². The fourth-order valence-corrected chi connectivity index (χ4v) is 2.14. The molecule has 2 nitrogen and oxygen atoms in total. The van der Waals surface area contributed by atoms with Gasteiger partial charge in [0.25, 0.3) is 0 Å². The zero-order valence-electron chi connectivity index (χ0n) is 10.3. The second-order valence-corrected chi connectivity index (χ2v) is 4.37. The van der Waals surface area contributed by atoms with Gasteiger partial charge in [0.05, 0.1) is 11.6 Å². The van der Waals surface area contributed by atoms with Crippen molar-refractivity contribution in [2.24, 2.45) is 0 Å². The molecule has 0 fully saturated rings. The predicted molar refractivity (Wildman–Crippen MR) is 73.1 cm³/mol. The molecule has 1 N–H and O–H groups in total. The lowest BCUT2D eigenvalue weighted by Crippen LogP contribution is -2.34. The zero-order valence-corrected chi connectivity index (χ0v) is 10.3. The van der Waals surface area contributed by atoms with Crippen LogP contribution in [0.5, 0.6) is 0 Å². The number of carbonyl (C=O) groups is 1. The van der Waals surface area contributed by atoms with Crippen molar-refractivity contribution in [1.82, 2.24) is 0 Å². The standard InChI is InChI=1S/C16H15NO/c1-16(15(18)12-17,13-8-4-2-5-9-13)14-10-6-3-7-11-14/h2-12,17H,1H3. The van der Waals surface area contributed by atoms with Crippen LogP contribution >= 0.6 is 0 Å². The van der Waals surface area contributed by atoms with E-state index in [-0.39, 0.29) is 5.78 Å². The first-order valence-corrected chi connectivity index (χ1v) is 5.85. The summed E-state index contributed by atoms with van der Waals surface area (Å²) in [6.07, 6.45) is 0.903. The summed E-state index contributed by atoms with van der Waals surface area (Å²) in [5.74, 6) is -0.208. The third kappa shape index (κ3) is 1.97. The van der Waals surface area contributed by atoms with E-state index in [1.165, 1.54) is 0 Å². The van der Waals surface area contributed by atoms with Gasteiger partial charge in [0.2, 0.25) is 0 Å². The number of benzene rings is 2. The van der Waals surface area contributed by atoms with E-state index in [0.29, 0.717) is 0 Å². The molecule has 0 saturated heterocycles. The summed E-state index contributed by atoms with van der Waals surface area (Å²) < 4.78 is 0. The molecule has 2 aromatic carbocycles. The topological polar surface area (TPSA) is 40.9 Å². The largest absolute Gasteiger partial charge is 0.305 e. The van der Waals surface area contributed by atoms with Crippen molar-refractivity contribution in [2.75, 3.05) is 0 Å². The van der Waals surface area contributed by atoms with E-state index < -0.39 is 5.41 Å². The maximum absolute atomic E-state index is 12.2. The van der Waals surface area contributed by atoms with E-state index in [9.17, 15) is 4.79 Å². The Morgan fingerprint density at radius 2 is 1.33 bits per heavy atom. The summed E-state index contributed by atoms with van der Waals surface area (Å²) in [7, 11) is 0. The van der Waals surface area contributed by atoms with Gasteiger partial charge in [0, 0.05) is 0 Å². The molecular weight excluding hydrogens is 222 g/mol. The van der Waals surface area contributed by atoms with Gasteiger partial charge in [-0.1, -0.05) is 60.7 Å². The van der Waals surface area contributed by atoms with Gasteiger partial charge >= 0.3 is 0 Å². The van der Waals surface area contributed by atoms with Crippen LogP contribution in [0.25, 0.3) is 0 Å². The molecule has 0 aliphatic carbocycles. The minimum absolute atomic E-state index is 0.208. The minimum atomic E-state index is -0.787. The molecule has 0 atom stereocenters. The Morgan fingerprint density at radius 1 is 0.944 bits per heavy atom. The van der Waals surface area contributed by atoms with Gasteiger partial charge < -0.3 is 5.41 Å². The summed E-state index contributed by atoms with van der Waals surface area (Å²) in [6, 6.07) is 19.2. The third-order valence-corrected chi connectivity index (χ3v) is 3.33. The molecule has 18 heavy (non-hydrogen) atoms. The van der Waals surface area contributed by atoms with Crippen molar-refractivity contribution in [1.29, 1.82) is 5.41 Å². The van der Waals surface area contributed by atoms with Crippen LogP contribution < -0.4 is 0 Å². The Labute approximate surface area is 107 Å². The zero-order chi connectivity index (χ0) is 13.0. The van der Waals surface area contributed by atoms with Crippen molar-refractivity contribution in [3.05, 3.63) is 71.8 Å². The van der Waals surface area contributed by atoms with Gasteiger partial charge in [-0.3, -0.25) is 4.79 Å². The fraction of sp³-hybridized carbons (Fsp3) is 0.125. The van der Waals surface area contributed by atoms with E-state index >= 15 is 0 Å². The average Bonchev–Trinajstić information content (AvgIpc) is 2.47. The number of Topliss-reactive ketones (excluding diaryl/α,β-unsaturated/α-hetero) is 1. The Kier molecular flexibility index (Phi) is 3.38. The van der Waals surface area contributed by atoms with Crippen LogP contribution in [0.4, 0.5) is 0 Å². The first-order valence-electron chi connectivity index (χ1n) is 5.85. The van der Waals surface area contributed by atoms with Crippen molar-refractivity contribution < 1.29 is 4.79 Å². The highest BCUT2D eigenvalue weighted by atomic mass is 16.1. The molecule has 0 unspecified atom stereocenters. The summed E-state index contributed by atoms with van der Waals surface area (Å²) >= 11 is 0.